The van der Waals surface area contributed by atoms with Crippen molar-refractivity contribution in [2.45, 2.75) is 202 Å². The van der Waals surface area contributed by atoms with E-state index in [1.807, 2.05) is 7.05 Å². The predicted octanol–water partition coefficient (Wildman–Crippen LogP) is 2.83. The van der Waals surface area contributed by atoms with E-state index in [0.29, 0.717) is 56.0 Å². The highest BCUT2D eigenvalue weighted by Gasteiger charge is 2.47. The van der Waals surface area contributed by atoms with Gasteiger partial charge in [0.2, 0.25) is 0 Å². The van der Waals surface area contributed by atoms with Crippen molar-refractivity contribution in [3.05, 3.63) is 0 Å². The summed E-state index contributed by atoms with van der Waals surface area (Å²) in [6, 6.07) is 0. The molecule has 0 aromatic rings. The molecule has 4 heterocycles. The number of nitrogens with one attached hydrogen (secondary N) is 5. The number of carbonyl (C=O) groups excluding carboxylic acids is 1. The van der Waals surface area contributed by atoms with Crippen molar-refractivity contribution >= 4 is 11.9 Å². The summed E-state index contributed by atoms with van der Waals surface area (Å²) >= 11 is 0. The van der Waals surface area contributed by atoms with Crippen LogP contribution in [-0.4, -0.2) is 147 Å². The first-order chi connectivity index (χ1) is 30.1. The topological polar surface area (TPSA) is 213 Å². The number of hydrogen-bond donors (Lipinski definition) is 9. The van der Waals surface area contributed by atoms with Crippen molar-refractivity contribution in [2.24, 2.45) is 40.3 Å². The van der Waals surface area contributed by atoms with Crippen molar-refractivity contribution in [2.75, 3.05) is 52.9 Å². The summed E-state index contributed by atoms with van der Waals surface area (Å²) in [6.45, 7) is 7.69. The standard InChI is InChI=1S/C47H85N7O8/c1-30(55)60-38-24-36(61-41(25-38)34-22-40(57)45(58)43(23-34)59-19-14-33-7-4-16-50-27-33)11-9-32-10-12-39(56)42(20-32)62-37-8-3-15-47(26-37)35(28-49-2)29-53-46(54-47)52-17-5-6-31-13-18-51-44(48)21-31/h31-45,49-51,56-58H,3-29,48H2,1-2H3,(H2,52,53,54)/t31?,32?,33?,34?,35-,36-,37+,38-,39?,40?,41-,42?,43?,44?,45?,47-/m0/s1. The van der Waals surface area contributed by atoms with Gasteiger partial charge >= 0.3 is 5.97 Å². The summed E-state index contributed by atoms with van der Waals surface area (Å²) in [5.74, 6) is 2.63. The molecule has 6 fully saturated rings. The number of esters is 1. The lowest BCUT2D eigenvalue weighted by Crippen LogP contribution is -2.65. The van der Waals surface area contributed by atoms with Crippen LogP contribution in [0.3, 0.4) is 0 Å². The molecule has 0 radical (unpaired) electrons. The Morgan fingerprint density at radius 2 is 1.77 bits per heavy atom. The molecule has 15 nitrogen and oxygen atoms in total. The molecule has 3 saturated carbocycles. The van der Waals surface area contributed by atoms with Gasteiger partial charge in [-0.3, -0.25) is 9.79 Å². The van der Waals surface area contributed by atoms with Gasteiger partial charge < -0.3 is 66.6 Å². The minimum atomic E-state index is -0.919. The molecule has 0 aromatic carbocycles. The molecule has 10 N–H and O–H groups in total. The van der Waals surface area contributed by atoms with E-state index in [1.165, 1.54) is 32.6 Å². The fourth-order valence-electron chi connectivity index (χ4n) is 12.5. The van der Waals surface area contributed by atoms with Gasteiger partial charge in [-0.15, -0.1) is 0 Å². The number of aliphatic imine (C=N–C) groups is 1. The largest absolute Gasteiger partial charge is 0.462 e. The first-order valence-electron chi connectivity index (χ1n) is 25.1. The molecular formula is C47H85N7O8. The summed E-state index contributed by atoms with van der Waals surface area (Å²) in [5, 5.41) is 51.0. The average molecular weight is 876 g/mol. The van der Waals surface area contributed by atoms with Crippen LogP contribution in [0.25, 0.3) is 0 Å². The third-order valence-electron chi connectivity index (χ3n) is 15.9. The van der Waals surface area contributed by atoms with Gasteiger partial charge in [-0.1, -0.05) is 0 Å². The zero-order chi connectivity index (χ0) is 43.5. The lowest BCUT2D eigenvalue weighted by atomic mass is 9.70. The summed E-state index contributed by atoms with van der Waals surface area (Å²) in [5.41, 5.74) is 6.03. The minimum Gasteiger partial charge on any atom is -0.462 e. The van der Waals surface area contributed by atoms with Crippen LogP contribution in [-0.2, 0) is 23.7 Å². The monoisotopic (exact) mass is 876 g/mol. The van der Waals surface area contributed by atoms with Crippen LogP contribution in [0, 0.1) is 29.6 Å². The average Bonchev–Trinajstić information content (AvgIpc) is 3.25. The zero-order valence-electron chi connectivity index (χ0n) is 38.2. The number of piperidine rings is 2. The fourth-order valence-corrected chi connectivity index (χ4v) is 12.5. The summed E-state index contributed by atoms with van der Waals surface area (Å²) < 4.78 is 25.9. The molecular weight excluding hydrogens is 791 g/mol. The Bertz CT molecular complexity index is 1390. The second-order valence-corrected chi connectivity index (χ2v) is 20.7. The first-order valence-corrected chi connectivity index (χ1v) is 25.1. The maximum absolute atomic E-state index is 12.2. The highest BCUT2D eigenvalue weighted by Crippen LogP contribution is 2.42. The summed E-state index contributed by atoms with van der Waals surface area (Å²) in [4.78, 5) is 17.2. The van der Waals surface area contributed by atoms with Crippen molar-refractivity contribution in [1.29, 1.82) is 0 Å². The SMILES string of the molecule is CNC[C@H]1CN=C(NCCCC2CCNC(N)C2)N[C@]12CCC[C@@H](OC1CC(CC[C@H]3C[C@H](OC(C)=O)C[C@@H](C4CC(O)C(O)C(OCCC5CCCNC5)C4)O3)CCC1O)C2. The van der Waals surface area contributed by atoms with E-state index in [2.05, 4.69) is 26.6 Å². The summed E-state index contributed by atoms with van der Waals surface area (Å²) in [7, 11) is 2.02. The molecule has 16 atom stereocenters. The van der Waals surface area contributed by atoms with Gasteiger partial charge in [0.25, 0.3) is 0 Å². The lowest BCUT2D eigenvalue weighted by molar-refractivity contribution is -0.182. The van der Waals surface area contributed by atoms with Crippen LogP contribution in [0.1, 0.15) is 135 Å². The van der Waals surface area contributed by atoms with Crippen LogP contribution >= 0.6 is 0 Å². The van der Waals surface area contributed by atoms with Crippen molar-refractivity contribution in [1.82, 2.24) is 26.6 Å². The van der Waals surface area contributed by atoms with Gasteiger partial charge in [-0.2, -0.15) is 0 Å². The quantitative estimate of drug-likeness (QED) is 0.0761. The van der Waals surface area contributed by atoms with Crippen LogP contribution in [0.4, 0.5) is 0 Å². The Hall–Kier alpha value is -1.66. The van der Waals surface area contributed by atoms with Crippen LogP contribution in [0.15, 0.2) is 4.99 Å². The number of nitrogens with zero attached hydrogens (tertiary/aromatic N) is 1. The van der Waals surface area contributed by atoms with Crippen LogP contribution in [0.5, 0.6) is 0 Å². The van der Waals surface area contributed by atoms with E-state index < -0.39 is 24.4 Å². The number of carbonyl (C=O) groups is 1. The number of guanidine groups is 1. The zero-order valence-corrected chi connectivity index (χ0v) is 38.2. The Kier molecular flexibility index (Phi) is 18.4. The second kappa shape index (κ2) is 23.7. The van der Waals surface area contributed by atoms with E-state index >= 15 is 0 Å². The third-order valence-corrected chi connectivity index (χ3v) is 15.9. The molecule has 4 aliphatic heterocycles. The van der Waals surface area contributed by atoms with E-state index in [-0.39, 0.29) is 54.1 Å². The van der Waals surface area contributed by atoms with Gasteiger partial charge in [0.15, 0.2) is 5.96 Å². The van der Waals surface area contributed by atoms with Crippen molar-refractivity contribution in [3.63, 3.8) is 0 Å². The molecule has 1 spiro atoms. The second-order valence-electron chi connectivity index (χ2n) is 20.7. The first kappa shape index (κ1) is 48.3. The highest BCUT2D eigenvalue weighted by atomic mass is 16.6. The van der Waals surface area contributed by atoms with E-state index in [1.54, 1.807) is 0 Å². The third kappa shape index (κ3) is 13.7. The number of rotatable bonds is 17. The van der Waals surface area contributed by atoms with Crippen molar-refractivity contribution < 1.29 is 39.1 Å². The normalized spacial score (nSPS) is 41.8. The number of aliphatic hydroxyl groups excluding tert-OH is 3. The maximum atomic E-state index is 12.2. The molecule has 7 aliphatic rings. The Morgan fingerprint density at radius 1 is 0.903 bits per heavy atom. The minimum absolute atomic E-state index is 0.00869. The van der Waals surface area contributed by atoms with Gasteiger partial charge in [0.05, 0.1) is 48.9 Å². The molecule has 356 valence electrons. The molecule has 62 heavy (non-hydrogen) atoms. The van der Waals surface area contributed by atoms with Crippen LogP contribution < -0.4 is 32.3 Å². The molecule has 3 saturated heterocycles. The maximum Gasteiger partial charge on any atom is 0.302 e. The Balaban J connectivity index is 0.898. The van der Waals surface area contributed by atoms with Gasteiger partial charge in [0, 0.05) is 57.5 Å². The molecule has 3 aliphatic carbocycles. The predicted molar refractivity (Wildman–Crippen MR) is 239 cm³/mol. The van der Waals surface area contributed by atoms with Crippen LogP contribution in [0.2, 0.25) is 0 Å². The van der Waals surface area contributed by atoms with Gasteiger partial charge in [-0.05, 0) is 166 Å². The van der Waals surface area contributed by atoms with Gasteiger partial charge in [-0.25, -0.2) is 0 Å². The summed E-state index contributed by atoms with van der Waals surface area (Å²) in [6.07, 6.45) is 15.1. The molecule has 15 heteroatoms. The Labute approximate surface area is 371 Å². The van der Waals surface area contributed by atoms with E-state index in [4.69, 9.17) is 29.7 Å². The van der Waals surface area contributed by atoms with Crippen molar-refractivity contribution in [3.8, 4) is 0 Å². The molecule has 0 bridgehead atoms. The molecule has 7 rings (SSSR count). The number of hydrogen-bond acceptors (Lipinski definition) is 15. The van der Waals surface area contributed by atoms with Gasteiger partial charge in [0.1, 0.15) is 12.2 Å². The number of ether oxygens (including phenoxy) is 4. The van der Waals surface area contributed by atoms with E-state index in [0.717, 1.165) is 122 Å². The number of nitrogens with two attached hydrogens (primary N) is 1. The Morgan fingerprint density at radius 3 is 2.58 bits per heavy atom. The highest BCUT2D eigenvalue weighted by molar-refractivity contribution is 5.81. The molecule has 10 unspecified atom stereocenters. The molecule has 0 amide bonds. The lowest BCUT2D eigenvalue weighted by Gasteiger charge is -2.50. The number of aliphatic hydroxyl groups is 3. The molecule has 0 aromatic heterocycles. The fraction of sp³-hybridized carbons (Fsp3) is 0.957. The smallest absolute Gasteiger partial charge is 0.302 e. The van der Waals surface area contributed by atoms with E-state index in [9.17, 15) is 20.1 Å².